The van der Waals surface area contributed by atoms with Crippen LogP contribution in [0.1, 0.15) is 60.6 Å². The standard InChI is InChI=1S/C25H26N4O2S2/c26-14-13-16-9-11-17(12-10-16)27-21(30)15-32-25-28-23-22(19-7-3-4-8-20(19)33-23)24(31)29(25)18-5-1-2-6-18/h9-12,18H,1-8,13,15H2,(H,27,30). The van der Waals surface area contributed by atoms with Gasteiger partial charge < -0.3 is 5.32 Å². The highest BCUT2D eigenvalue weighted by Gasteiger charge is 2.27. The number of nitrogens with one attached hydrogen (secondary N) is 1. The molecule has 170 valence electrons. The number of rotatable bonds is 6. The van der Waals surface area contributed by atoms with Crippen molar-refractivity contribution in [3.63, 3.8) is 0 Å². The lowest BCUT2D eigenvalue weighted by Gasteiger charge is -2.18. The zero-order valence-corrected chi connectivity index (χ0v) is 20.1. The summed E-state index contributed by atoms with van der Waals surface area (Å²) < 4.78 is 1.89. The maximum Gasteiger partial charge on any atom is 0.263 e. The summed E-state index contributed by atoms with van der Waals surface area (Å²) in [7, 11) is 0. The van der Waals surface area contributed by atoms with E-state index in [1.165, 1.54) is 28.6 Å². The molecule has 2 aliphatic rings. The van der Waals surface area contributed by atoms with Crippen LogP contribution in [0.3, 0.4) is 0 Å². The molecule has 1 aromatic carbocycles. The summed E-state index contributed by atoms with van der Waals surface area (Å²) in [5.41, 5.74) is 2.92. The van der Waals surface area contributed by atoms with Crippen LogP contribution in [0.15, 0.2) is 34.2 Å². The molecular formula is C25H26N4O2S2. The molecule has 0 spiro atoms. The fourth-order valence-electron chi connectivity index (χ4n) is 4.91. The summed E-state index contributed by atoms with van der Waals surface area (Å²) in [5, 5.41) is 13.2. The maximum absolute atomic E-state index is 13.7. The number of anilines is 1. The van der Waals surface area contributed by atoms with Gasteiger partial charge in [-0.1, -0.05) is 36.7 Å². The first-order chi connectivity index (χ1) is 16.1. The first-order valence-corrected chi connectivity index (χ1v) is 13.4. The van der Waals surface area contributed by atoms with Crippen molar-refractivity contribution in [2.24, 2.45) is 0 Å². The highest BCUT2D eigenvalue weighted by Crippen LogP contribution is 2.37. The second-order valence-corrected chi connectivity index (χ2v) is 10.8. The largest absolute Gasteiger partial charge is 0.325 e. The van der Waals surface area contributed by atoms with Crippen LogP contribution in [-0.2, 0) is 24.1 Å². The van der Waals surface area contributed by atoms with Crippen LogP contribution in [0, 0.1) is 11.3 Å². The molecule has 0 unspecified atom stereocenters. The Bertz CT molecular complexity index is 1280. The Labute approximate surface area is 201 Å². The van der Waals surface area contributed by atoms with Gasteiger partial charge in [0.1, 0.15) is 4.83 Å². The summed E-state index contributed by atoms with van der Waals surface area (Å²) in [6.07, 6.45) is 8.92. The molecule has 1 saturated carbocycles. The summed E-state index contributed by atoms with van der Waals surface area (Å²) in [4.78, 5) is 33.4. The third-order valence-electron chi connectivity index (χ3n) is 6.53. The van der Waals surface area contributed by atoms with Gasteiger partial charge in [0.05, 0.1) is 23.6 Å². The first-order valence-electron chi connectivity index (χ1n) is 11.6. The second-order valence-electron chi connectivity index (χ2n) is 8.77. The maximum atomic E-state index is 13.7. The zero-order valence-electron chi connectivity index (χ0n) is 18.4. The van der Waals surface area contributed by atoms with Crippen LogP contribution in [0.4, 0.5) is 5.69 Å². The third kappa shape index (κ3) is 4.57. The summed E-state index contributed by atoms with van der Waals surface area (Å²) in [6.45, 7) is 0. The lowest BCUT2D eigenvalue weighted by molar-refractivity contribution is -0.113. The number of hydrogen-bond donors (Lipinski definition) is 1. The van der Waals surface area contributed by atoms with E-state index < -0.39 is 0 Å². The Balaban J connectivity index is 1.40. The highest BCUT2D eigenvalue weighted by molar-refractivity contribution is 7.99. The zero-order chi connectivity index (χ0) is 22.8. The smallest absolute Gasteiger partial charge is 0.263 e. The Morgan fingerprint density at radius 2 is 1.94 bits per heavy atom. The number of aryl methyl sites for hydroxylation is 2. The number of carbonyl (C=O) groups excluding carboxylic acids is 1. The van der Waals surface area contributed by atoms with Crippen molar-refractivity contribution in [2.75, 3.05) is 11.1 Å². The van der Waals surface area contributed by atoms with Crippen molar-refractivity contribution in [1.29, 1.82) is 5.26 Å². The molecule has 6 nitrogen and oxygen atoms in total. The molecule has 1 fully saturated rings. The van der Waals surface area contributed by atoms with Crippen molar-refractivity contribution in [1.82, 2.24) is 9.55 Å². The monoisotopic (exact) mass is 478 g/mol. The molecule has 1 amide bonds. The minimum Gasteiger partial charge on any atom is -0.325 e. The number of hydrogen-bond acceptors (Lipinski definition) is 6. The molecule has 1 N–H and O–H groups in total. The Morgan fingerprint density at radius 1 is 1.18 bits per heavy atom. The van der Waals surface area contributed by atoms with Gasteiger partial charge >= 0.3 is 0 Å². The predicted octanol–water partition coefficient (Wildman–Crippen LogP) is 5.25. The van der Waals surface area contributed by atoms with Crippen LogP contribution in [0.2, 0.25) is 0 Å². The van der Waals surface area contributed by atoms with E-state index in [2.05, 4.69) is 11.4 Å². The van der Waals surface area contributed by atoms with E-state index in [-0.39, 0.29) is 23.3 Å². The fourth-order valence-corrected chi connectivity index (χ4v) is 7.08. The molecule has 0 atom stereocenters. The van der Waals surface area contributed by atoms with E-state index in [9.17, 15) is 9.59 Å². The minimum absolute atomic E-state index is 0.0855. The van der Waals surface area contributed by atoms with Crippen molar-refractivity contribution in [3.8, 4) is 6.07 Å². The van der Waals surface area contributed by atoms with Crippen molar-refractivity contribution in [2.45, 2.75) is 69.0 Å². The molecule has 0 saturated heterocycles. The molecular weight excluding hydrogens is 452 g/mol. The van der Waals surface area contributed by atoms with E-state index in [0.29, 0.717) is 17.3 Å². The van der Waals surface area contributed by atoms with E-state index in [0.717, 1.165) is 60.7 Å². The van der Waals surface area contributed by atoms with Crippen LogP contribution in [0.25, 0.3) is 10.2 Å². The van der Waals surface area contributed by atoms with Crippen molar-refractivity contribution in [3.05, 3.63) is 50.6 Å². The number of amides is 1. The minimum atomic E-state index is -0.133. The second kappa shape index (κ2) is 9.70. The van der Waals surface area contributed by atoms with Gasteiger partial charge in [0, 0.05) is 16.6 Å². The average molecular weight is 479 g/mol. The lowest BCUT2D eigenvalue weighted by atomic mass is 9.97. The van der Waals surface area contributed by atoms with Crippen LogP contribution < -0.4 is 10.9 Å². The van der Waals surface area contributed by atoms with Crippen LogP contribution in [0.5, 0.6) is 0 Å². The van der Waals surface area contributed by atoms with Gasteiger partial charge in [0.2, 0.25) is 5.91 Å². The summed E-state index contributed by atoms with van der Waals surface area (Å²) in [5.74, 6) is 0.0567. The molecule has 8 heteroatoms. The van der Waals surface area contributed by atoms with Gasteiger partial charge in [-0.15, -0.1) is 11.3 Å². The molecule has 33 heavy (non-hydrogen) atoms. The number of fused-ring (bicyclic) bond motifs is 3. The van der Waals surface area contributed by atoms with Gasteiger partial charge in [-0.05, 0) is 61.8 Å². The quantitative estimate of drug-likeness (QED) is 0.386. The van der Waals surface area contributed by atoms with Gasteiger partial charge in [-0.2, -0.15) is 5.26 Å². The summed E-state index contributed by atoms with van der Waals surface area (Å²) >= 11 is 3.01. The molecule has 3 aromatic rings. The molecule has 5 rings (SSSR count). The summed E-state index contributed by atoms with van der Waals surface area (Å²) in [6, 6.07) is 9.60. The van der Waals surface area contributed by atoms with Gasteiger partial charge in [-0.3, -0.25) is 14.2 Å². The Hall–Kier alpha value is -2.63. The molecule has 2 aromatic heterocycles. The number of aromatic nitrogens is 2. The van der Waals surface area contributed by atoms with Gasteiger partial charge in [0.25, 0.3) is 5.56 Å². The number of thiophene rings is 1. The number of carbonyl (C=O) groups is 1. The number of nitrogens with zero attached hydrogens (tertiary/aromatic N) is 3. The van der Waals surface area contributed by atoms with Gasteiger partial charge in [0.15, 0.2) is 5.16 Å². The van der Waals surface area contributed by atoms with E-state index >= 15 is 0 Å². The first kappa shape index (κ1) is 22.2. The van der Waals surface area contributed by atoms with Crippen LogP contribution in [-0.4, -0.2) is 21.2 Å². The molecule has 0 bridgehead atoms. The van der Waals surface area contributed by atoms with Crippen molar-refractivity contribution >= 4 is 44.9 Å². The number of thioether (sulfide) groups is 1. The fraction of sp³-hybridized carbons (Fsp3) is 0.440. The van der Waals surface area contributed by atoms with E-state index in [4.69, 9.17) is 10.2 Å². The van der Waals surface area contributed by atoms with E-state index in [1.54, 1.807) is 11.3 Å². The average Bonchev–Trinajstić information content (AvgIpc) is 3.47. The highest BCUT2D eigenvalue weighted by atomic mass is 32.2. The molecule has 2 heterocycles. The van der Waals surface area contributed by atoms with Crippen molar-refractivity contribution < 1.29 is 4.79 Å². The topological polar surface area (TPSA) is 87.8 Å². The molecule has 2 aliphatic carbocycles. The van der Waals surface area contributed by atoms with Crippen LogP contribution >= 0.6 is 23.1 Å². The lowest BCUT2D eigenvalue weighted by Crippen LogP contribution is -2.27. The normalized spacial score (nSPS) is 16.0. The number of benzene rings is 1. The Morgan fingerprint density at radius 3 is 2.70 bits per heavy atom. The number of nitriles is 1. The molecule has 0 aliphatic heterocycles. The van der Waals surface area contributed by atoms with Gasteiger partial charge in [-0.25, -0.2) is 4.98 Å². The Kier molecular flexibility index (Phi) is 6.52. The third-order valence-corrected chi connectivity index (χ3v) is 8.67. The van der Waals surface area contributed by atoms with E-state index in [1.807, 2.05) is 28.8 Å². The SMILES string of the molecule is N#CCc1ccc(NC(=O)CSc2nc3sc4c(c3c(=O)n2C2CCCC2)CCCC4)cc1. The molecule has 0 radical (unpaired) electrons. The predicted molar refractivity (Wildman–Crippen MR) is 133 cm³/mol.